The third-order valence-electron chi connectivity index (χ3n) is 3.08. The Kier molecular flexibility index (Phi) is 4.69. The molecule has 0 amide bonds. The Bertz CT molecular complexity index is 527. The first-order chi connectivity index (χ1) is 8.76. The van der Waals surface area contributed by atoms with Crippen molar-refractivity contribution in [2.24, 2.45) is 5.84 Å². The highest BCUT2D eigenvalue weighted by Crippen LogP contribution is 2.28. The summed E-state index contributed by atoms with van der Waals surface area (Å²) < 4.78 is 1.01. The highest BCUT2D eigenvalue weighted by Gasteiger charge is 2.15. The molecule has 4 heteroatoms. The van der Waals surface area contributed by atoms with E-state index >= 15 is 0 Å². The molecular formula is C14H18BrN3. The van der Waals surface area contributed by atoms with E-state index in [1.807, 2.05) is 18.2 Å². The average molecular weight is 308 g/mol. The van der Waals surface area contributed by atoms with Gasteiger partial charge in [0, 0.05) is 9.86 Å². The number of benzene rings is 1. The van der Waals surface area contributed by atoms with Gasteiger partial charge in [0.15, 0.2) is 0 Å². The van der Waals surface area contributed by atoms with Crippen molar-refractivity contribution in [2.75, 3.05) is 0 Å². The summed E-state index contributed by atoms with van der Waals surface area (Å²) in [4.78, 5) is 4.71. The van der Waals surface area contributed by atoms with E-state index in [0.29, 0.717) is 0 Å². The number of hydrazine groups is 1. The normalized spacial score (nSPS) is 12.8. The summed E-state index contributed by atoms with van der Waals surface area (Å²) in [6.07, 6.45) is 3.29. The number of hydrogen-bond acceptors (Lipinski definition) is 3. The number of rotatable bonds is 5. The van der Waals surface area contributed by atoms with Crippen molar-refractivity contribution in [1.82, 2.24) is 10.4 Å². The zero-order valence-electron chi connectivity index (χ0n) is 10.5. The molecule has 1 unspecified atom stereocenters. The van der Waals surface area contributed by atoms with E-state index in [4.69, 9.17) is 10.8 Å². The van der Waals surface area contributed by atoms with Crippen LogP contribution in [0, 0.1) is 0 Å². The van der Waals surface area contributed by atoms with Crippen LogP contribution in [0.3, 0.4) is 0 Å². The first kappa shape index (κ1) is 13.5. The largest absolute Gasteiger partial charge is 0.271 e. The fourth-order valence-electron chi connectivity index (χ4n) is 2.06. The summed E-state index contributed by atoms with van der Waals surface area (Å²) in [5.74, 6) is 5.65. The number of halogens is 1. The minimum atomic E-state index is 0.101. The first-order valence-electron chi connectivity index (χ1n) is 6.27. The fraction of sp³-hybridized carbons (Fsp3) is 0.357. The molecule has 0 saturated heterocycles. The molecule has 0 radical (unpaired) electrons. The Morgan fingerprint density at radius 1 is 1.39 bits per heavy atom. The number of hydrogen-bond donors (Lipinski definition) is 2. The van der Waals surface area contributed by atoms with Gasteiger partial charge in [0.2, 0.25) is 0 Å². The maximum Gasteiger partial charge on any atom is 0.0736 e. The van der Waals surface area contributed by atoms with Crippen molar-refractivity contribution in [3.05, 3.63) is 40.5 Å². The predicted octanol–water partition coefficient (Wildman–Crippen LogP) is 3.69. The Labute approximate surface area is 116 Å². The number of nitrogens with zero attached hydrogens (tertiary/aromatic N) is 1. The Balaban J connectivity index is 2.39. The molecule has 96 valence electrons. The van der Waals surface area contributed by atoms with Crippen LogP contribution in [0.2, 0.25) is 0 Å². The monoisotopic (exact) mass is 307 g/mol. The van der Waals surface area contributed by atoms with Gasteiger partial charge in [-0.15, -0.1) is 0 Å². The lowest BCUT2D eigenvalue weighted by molar-refractivity contribution is 0.484. The van der Waals surface area contributed by atoms with Crippen LogP contribution in [0.5, 0.6) is 0 Å². The Morgan fingerprint density at radius 3 is 2.89 bits per heavy atom. The topological polar surface area (TPSA) is 50.9 Å². The van der Waals surface area contributed by atoms with Gasteiger partial charge in [-0.25, -0.2) is 4.98 Å². The van der Waals surface area contributed by atoms with Crippen molar-refractivity contribution >= 4 is 26.8 Å². The standard InChI is InChI=1S/C14H18BrN3/c1-2-3-7-13(18-16)14-11(15)9-10-6-4-5-8-12(10)17-14/h4-6,8-9,13,18H,2-3,7,16H2,1H3. The Hall–Kier alpha value is -0.970. The zero-order valence-corrected chi connectivity index (χ0v) is 12.1. The minimum Gasteiger partial charge on any atom is -0.271 e. The zero-order chi connectivity index (χ0) is 13.0. The van der Waals surface area contributed by atoms with E-state index < -0.39 is 0 Å². The van der Waals surface area contributed by atoms with Crippen LogP contribution in [0.1, 0.15) is 37.9 Å². The van der Waals surface area contributed by atoms with Gasteiger partial charge in [0.05, 0.1) is 17.3 Å². The summed E-state index contributed by atoms with van der Waals surface area (Å²) >= 11 is 3.59. The molecule has 18 heavy (non-hydrogen) atoms. The molecule has 3 nitrogen and oxygen atoms in total. The van der Waals surface area contributed by atoms with Crippen LogP contribution in [0.15, 0.2) is 34.8 Å². The van der Waals surface area contributed by atoms with Crippen molar-refractivity contribution in [2.45, 2.75) is 32.2 Å². The second-order valence-corrected chi connectivity index (χ2v) is 5.26. The van der Waals surface area contributed by atoms with E-state index in [1.165, 1.54) is 0 Å². The number of para-hydroxylation sites is 1. The maximum absolute atomic E-state index is 5.65. The van der Waals surface area contributed by atoms with Crippen molar-refractivity contribution in [1.29, 1.82) is 0 Å². The number of unbranched alkanes of at least 4 members (excludes halogenated alkanes) is 1. The second kappa shape index (κ2) is 6.27. The van der Waals surface area contributed by atoms with Gasteiger partial charge in [0.25, 0.3) is 0 Å². The SMILES string of the molecule is CCCCC(NN)c1nc2ccccc2cc1Br. The van der Waals surface area contributed by atoms with Crippen molar-refractivity contribution in [3.63, 3.8) is 0 Å². The van der Waals surface area contributed by atoms with E-state index in [2.05, 4.69) is 40.4 Å². The van der Waals surface area contributed by atoms with E-state index in [9.17, 15) is 0 Å². The van der Waals surface area contributed by atoms with Crippen LogP contribution in [-0.2, 0) is 0 Å². The van der Waals surface area contributed by atoms with Gasteiger partial charge < -0.3 is 0 Å². The van der Waals surface area contributed by atoms with Crippen LogP contribution >= 0.6 is 15.9 Å². The summed E-state index contributed by atoms with van der Waals surface area (Å²) in [5.41, 5.74) is 4.86. The predicted molar refractivity (Wildman–Crippen MR) is 79.0 cm³/mol. The molecule has 0 fully saturated rings. The summed E-state index contributed by atoms with van der Waals surface area (Å²) in [6.45, 7) is 2.18. The highest BCUT2D eigenvalue weighted by atomic mass is 79.9. The molecule has 0 aliphatic rings. The minimum absolute atomic E-state index is 0.101. The molecule has 0 saturated carbocycles. The lowest BCUT2D eigenvalue weighted by Gasteiger charge is -2.17. The molecule has 1 aromatic carbocycles. The van der Waals surface area contributed by atoms with Crippen LogP contribution < -0.4 is 11.3 Å². The lowest BCUT2D eigenvalue weighted by Crippen LogP contribution is -2.29. The van der Waals surface area contributed by atoms with E-state index in [0.717, 1.165) is 40.3 Å². The van der Waals surface area contributed by atoms with E-state index in [-0.39, 0.29) is 6.04 Å². The first-order valence-corrected chi connectivity index (χ1v) is 7.07. The van der Waals surface area contributed by atoms with Gasteiger partial charge in [0.1, 0.15) is 0 Å². The summed E-state index contributed by atoms with van der Waals surface area (Å²) in [6, 6.07) is 10.3. The molecule has 0 bridgehead atoms. The van der Waals surface area contributed by atoms with Crippen molar-refractivity contribution in [3.8, 4) is 0 Å². The molecule has 0 aliphatic carbocycles. The van der Waals surface area contributed by atoms with Crippen LogP contribution in [0.25, 0.3) is 10.9 Å². The van der Waals surface area contributed by atoms with Crippen LogP contribution in [0.4, 0.5) is 0 Å². The maximum atomic E-state index is 5.65. The molecule has 3 N–H and O–H groups in total. The molecular weight excluding hydrogens is 290 g/mol. The second-order valence-electron chi connectivity index (χ2n) is 4.41. The molecule has 0 spiro atoms. The number of nitrogens with one attached hydrogen (secondary N) is 1. The molecule has 2 aromatic rings. The summed E-state index contributed by atoms with van der Waals surface area (Å²) in [5, 5.41) is 1.14. The lowest BCUT2D eigenvalue weighted by atomic mass is 10.1. The smallest absolute Gasteiger partial charge is 0.0736 e. The molecule has 2 rings (SSSR count). The Morgan fingerprint density at radius 2 is 2.17 bits per heavy atom. The number of nitrogens with two attached hydrogens (primary N) is 1. The number of fused-ring (bicyclic) bond motifs is 1. The van der Waals surface area contributed by atoms with Crippen LogP contribution in [-0.4, -0.2) is 4.98 Å². The third-order valence-corrected chi connectivity index (χ3v) is 3.72. The number of aromatic nitrogens is 1. The average Bonchev–Trinajstić information content (AvgIpc) is 2.40. The molecule has 1 heterocycles. The molecule has 0 aliphatic heterocycles. The fourth-order valence-corrected chi connectivity index (χ4v) is 2.67. The van der Waals surface area contributed by atoms with Gasteiger partial charge in [-0.05, 0) is 34.5 Å². The number of pyridine rings is 1. The van der Waals surface area contributed by atoms with Gasteiger partial charge >= 0.3 is 0 Å². The van der Waals surface area contributed by atoms with Gasteiger partial charge in [-0.2, -0.15) is 0 Å². The third kappa shape index (κ3) is 2.88. The quantitative estimate of drug-likeness (QED) is 0.654. The van der Waals surface area contributed by atoms with Gasteiger partial charge in [-0.3, -0.25) is 11.3 Å². The van der Waals surface area contributed by atoms with Gasteiger partial charge in [-0.1, -0.05) is 38.0 Å². The van der Waals surface area contributed by atoms with Crippen molar-refractivity contribution < 1.29 is 0 Å². The summed E-state index contributed by atoms with van der Waals surface area (Å²) in [7, 11) is 0. The highest BCUT2D eigenvalue weighted by molar-refractivity contribution is 9.10. The van der Waals surface area contributed by atoms with E-state index in [1.54, 1.807) is 0 Å². The molecule has 1 aromatic heterocycles. The molecule has 1 atom stereocenters.